The summed E-state index contributed by atoms with van der Waals surface area (Å²) in [6, 6.07) is 12.9. The fourth-order valence-corrected chi connectivity index (χ4v) is 3.19. The molecular formula is C23H28FN3O3. The zero-order valence-corrected chi connectivity index (χ0v) is 17.4. The van der Waals surface area contributed by atoms with Crippen molar-refractivity contribution in [1.29, 1.82) is 0 Å². The van der Waals surface area contributed by atoms with Crippen LogP contribution in [-0.4, -0.2) is 60.9 Å². The number of carbonyl (C=O) groups is 2. The molecule has 0 spiro atoms. The highest BCUT2D eigenvalue weighted by molar-refractivity contribution is 5.94. The summed E-state index contributed by atoms with van der Waals surface area (Å²) in [6.07, 6.45) is 0. The Labute approximate surface area is 176 Å². The Kier molecular flexibility index (Phi) is 7.41. The second kappa shape index (κ2) is 10.2. The van der Waals surface area contributed by atoms with Gasteiger partial charge in [0.25, 0.3) is 5.91 Å². The van der Waals surface area contributed by atoms with Crippen LogP contribution in [0.2, 0.25) is 0 Å². The maximum absolute atomic E-state index is 12.9. The molecule has 6 nitrogen and oxygen atoms in total. The fraction of sp³-hybridized carbons (Fsp3) is 0.391. The number of anilines is 1. The molecule has 7 heteroatoms. The molecule has 1 fully saturated rings. The van der Waals surface area contributed by atoms with E-state index in [1.54, 1.807) is 17.0 Å². The fourth-order valence-electron chi connectivity index (χ4n) is 3.19. The minimum atomic E-state index is -0.341. The van der Waals surface area contributed by atoms with E-state index in [9.17, 15) is 14.0 Å². The van der Waals surface area contributed by atoms with Gasteiger partial charge in [-0.3, -0.25) is 14.5 Å². The van der Waals surface area contributed by atoms with Crippen molar-refractivity contribution in [2.45, 2.75) is 13.8 Å². The molecule has 1 aliphatic heterocycles. The number of amides is 2. The van der Waals surface area contributed by atoms with Crippen molar-refractivity contribution in [2.75, 3.05) is 44.6 Å². The number of hydrogen-bond donors (Lipinski definition) is 1. The van der Waals surface area contributed by atoms with Crippen LogP contribution in [0.15, 0.2) is 48.5 Å². The predicted molar refractivity (Wildman–Crippen MR) is 114 cm³/mol. The quantitative estimate of drug-likeness (QED) is 0.757. The molecule has 0 atom stereocenters. The third-order valence-electron chi connectivity index (χ3n) is 4.84. The number of halogens is 1. The molecule has 1 N–H and O–H groups in total. The van der Waals surface area contributed by atoms with Crippen molar-refractivity contribution in [1.82, 2.24) is 9.80 Å². The van der Waals surface area contributed by atoms with Gasteiger partial charge in [0, 0.05) is 37.4 Å². The third kappa shape index (κ3) is 6.29. The summed E-state index contributed by atoms with van der Waals surface area (Å²) in [5.41, 5.74) is 1.20. The number of piperazine rings is 1. The van der Waals surface area contributed by atoms with Crippen molar-refractivity contribution in [3.05, 3.63) is 59.9 Å². The van der Waals surface area contributed by atoms with Crippen LogP contribution in [0.25, 0.3) is 0 Å². The van der Waals surface area contributed by atoms with Crippen LogP contribution in [0.3, 0.4) is 0 Å². The van der Waals surface area contributed by atoms with Crippen molar-refractivity contribution < 1.29 is 18.7 Å². The van der Waals surface area contributed by atoms with Gasteiger partial charge in [0.2, 0.25) is 5.91 Å². The summed E-state index contributed by atoms with van der Waals surface area (Å²) < 4.78 is 18.6. The first-order valence-corrected chi connectivity index (χ1v) is 10.2. The number of carbonyl (C=O) groups excluding carboxylic acids is 2. The number of benzene rings is 2. The van der Waals surface area contributed by atoms with Gasteiger partial charge in [-0.05, 0) is 54.4 Å². The van der Waals surface area contributed by atoms with Crippen LogP contribution >= 0.6 is 0 Å². The molecule has 2 amide bonds. The minimum Gasteiger partial charge on any atom is -0.493 e. The summed E-state index contributed by atoms with van der Waals surface area (Å²) in [5, 5.41) is 2.76. The topological polar surface area (TPSA) is 61.9 Å². The first-order chi connectivity index (χ1) is 14.4. The SMILES string of the molecule is CC(C)COc1ccc(C(=O)N2CCN(CC(=O)Nc3ccc(F)cc3)CC2)cc1. The summed E-state index contributed by atoms with van der Waals surface area (Å²) in [5.74, 6) is 0.698. The second-order valence-electron chi connectivity index (χ2n) is 7.85. The average Bonchev–Trinajstić information content (AvgIpc) is 2.74. The van der Waals surface area contributed by atoms with Gasteiger partial charge in [0.1, 0.15) is 11.6 Å². The predicted octanol–water partition coefficient (Wildman–Crippen LogP) is 3.26. The molecule has 2 aromatic rings. The maximum atomic E-state index is 12.9. The van der Waals surface area contributed by atoms with Crippen molar-refractivity contribution in [3.8, 4) is 5.75 Å². The van der Waals surface area contributed by atoms with E-state index in [1.807, 2.05) is 17.0 Å². The molecule has 0 saturated carbocycles. The minimum absolute atomic E-state index is 0.0131. The molecule has 0 radical (unpaired) electrons. The Hall–Kier alpha value is -2.93. The molecule has 0 aromatic heterocycles. The smallest absolute Gasteiger partial charge is 0.253 e. The second-order valence-corrected chi connectivity index (χ2v) is 7.85. The highest BCUT2D eigenvalue weighted by Gasteiger charge is 2.23. The largest absolute Gasteiger partial charge is 0.493 e. The van der Waals surface area contributed by atoms with Crippen LogP contribution in [0.1, 0.15) is 24.2 Å². The van der Waals surface area contributed by atoms with Gasteiger partial charge < -0.3 is 15.0 Å². The van der Waals surface area contributed by atoms with E-state index in [1.165, 1.54) is 24.3 Å². The van der Waals surface area contributed by atoms with Crippen LogP contribution in [0.4, 0.5) is 10.1 Å². The van der Waals surface area contributed by atoms with E-state index >= 15 is 0 Å². The van der Waals surface area contributed by atoms with Crippen molar-refractivity contribution in [2.24, 2.45) is 5.92 Å². The van der Waals surface area contributed by atoms with Gasteiger partial charge in [-0.15, -0.1) is 0 Å². The molecule has 0 unspecified atom stereocenters. The van der Waals surface area contributed by atoms with Crippen LogP contribution in [0.5, 0.6) is 5.75 Å². The Morgan fingerprint density at radius 1 is 1.00 bits per heavy atom. The molecule has 3 rings (SSSR count). The zero-order chi connectivity index (χ0) is 21.5. The van der Waals surface area contributed by atoms with Gasteiger partial charge in [-0.2, -0.15) is 0 Å². The number of hydrogen-bond acceptors (Lipinski definition) is 4. The van der Waals surface area contributed by atoms with Gasteiger partial charge in [-0.25, -0.2) is 4.39 Å². The lowest BCUT2D eigenvalue weighted by molar-refractivity contribution is -0.117. The zero-order valence-electron chi connectivity index (χ0n) is 17.4. The average molecular weight is 413 g/mol. The van der Waals surface area contributed by atoms with Crippen molar-refractivity contribution in [3.63, 3.8) is 0 Å². The van der Waals surface area contributed by atoms with Gasteiger partial charge >= 0.3 is 0 Å². The van der Waals surface area contributed by atoms with Crippen LogP contribution < -0.4 is 10.1 Å². The normalized spacial score (nSPS) is 14.6. The summed E-state index contributed by atoms with van der Waals surface area (Å²) >= 11 is 0. The number of ether oxygens (including phenoxy) is 1. The van der Waals surface area contributed by atoms with Gasteiger partial charge in [0.15, 0.2) is 0 Å². The van der Waals surface area contributed by atoms with E-state index in [-0.39, 0.29) is 24.2 Å². The standard InChI is InChI=1S/C23H28FN3O3/c1-17(2)16-30-21-9-3-18(4-10-21)23(29)27-13-11-26(12-14-27)15-22(28)25-20-7-5-19(24)6-8-20/h3-10,17H,11-16H2,1-2H3,(H,25,28). The van der Waals surface area contributed by atoms with Crippen molar-refractivity contribution >= 4 is 17.5 Å². The first kappa shape index (κ1) is 21.8. The summed E-state index contributed by atoms with van der Waals surface area (Å²) in [4.78, 5) is 28.7. The summed E-state index contributed by atoms with van der Waals surface area (Å²) in [7, 11) is 0. The van der Waals surface area contributed by atoms with E-state index < -0.39 is 0 Å². The van der Waals surface area contributed by atoms with Crippen LogP contribution in [-0.2, 0) is 4.79 Å². The van der Waals surface area contributed by atoms with Crippen LogP contribution in [0, 0.1) is 11.7 Å². The monoisotopic (exact) mass is 413 g/mol. The van der Waals surface area contributed by atoms with E-state index in [0.29, 0.717) is 50.0 Å². The number of rotatable bonds is 7. The molecule has 1 saturated heterocycles. The Morgan fingerprint density at radius 3 is 2.23 bits per heavy atom. The molecule has 1 heterocycles. The molecule has 160 valence electrons. The molecule has 0 aliphatic carbocycles. The Bertz CT molecular complexity index is 845. The first-order valence-electron chi connectivity index (χ1n) is 10.2. The third-order valence-corrected chi connectivity index (χ3v) is 4.84. The number of nitrogens with one attached hydrogen (secondary N) is 1. The molecule has 0 bridgehead atoms. The van der Waals surface area contributed by atoms with E-state index in [2.05, 4.69) is 19.2 Å². The number of nitrogens with zero attached hydrogens (tertiary/aromatic N) is 2. The maximum Gasteiger partial charge on any atom is 0.253 e. The highest BCUT2D eigenvalue weighted by Crippen LogP contribution is 2.16. The lowest BCUT2D eigenvalue weighted by Crippen LogP contribution is -2.50. The summed E-state index contributed by atoms with van der Waals surface area (Å²) in [6.45, 7) is 7.43. The lowest BCUT2D eigenvalue weighted by atomic mass is 10.1. The molecule has 30 heavy (non-hydrogen) atoms. The lowest BCUT2D eigenvalue weighted by Gasteiger charge is -2.34. The highest BCUT2D eigenvalue weighted by atomic mass is 19.1. The van der Waals surface area contributed by atoms with E-state index in [4.69, 9.17) is 4.74 Å². The van der Waals surface area contributed by atoms with E-state index in [0.717, 1.165) is 5.75 Å². The van der Waals surface area contributed by atoms with Gasteiger partial charge in [-0.1, -0.05) is 13.8 Å². The van der Waals surface area contributed by atoms with Gasteiger partial charge in [0.05, 0.1) is 13.2 Å². The molecule has 2 aromatic carbocycles. The Morgan fingerprint density at radius 2 is 1.63 bits per heavy atom. The molecule has 1 aliphatic rings. The Balaban J connectivity index is 1.44. The molecular weight excluding hydrogens is 385 g/mol.